The SMILES string of the molecule is C[C@@H](OC(=O)c1ccco1)C(=O)NCCc1ccc(F)cc1. The number of carbonyl (C=O) groups excluding carboxylic acids is 2. The minimum Gasteiger partial charge on any atom is -0.457 e. The van der Waals surface area contributed by atoms with Crippen LogP contribution in [-0.4, -0.2) is 24.5 Å². The molecule has 1 N–H and O–H groups in total. The fourth-order valence-electron chi connectivity index (χ4n) is 1.79. The van der Waals surface area contributed by atoms with Crippen molar-refractivity contribution in [2.45, 2.75) is 19.4 Å². The van der Waals surface area contributed by atoms with E-state index in [1.807, 2.05) is 0 Å². The van der Waals surface area contributed by atoms with Crippen molar-refractivity contribution in [1.29, 1.82) is 0 Å². The Balaban J connectivity index is 1.74. The molecular weight excluding hydrogens is 289 g/mol. The summed E-state index contributed by atoms with van der Waals surface area (Å²) in [6.45, 7) is 1.85. The van der Waals surface area contributed by atoms with Crippen molar-refractivity contribution in [2.75, 3.05) is 6.54 Å². The third-order valence-electron chi connectivity index (χ3n) is 3.00. The molecule has 0 saturated carbocycles. The maximum Gasteiger partial charge on any atom is 0.374 e. The first kappa shape index (κ1) is 15.8. The Labute approximate surface area is 127 Å². The van der Waals surface area contributed by atoms with E-state index in [-0.39, 0.29) is 11.6 Å². The molecule has 0 spiro atoms. The molecule has 2 rings (SSSR count). The lowest BCUT2D eigenvalue weighted by molar-refractivity contribution is -0.129. The van der Waals surface area contributed by atoms with E-state index in [9.17, 15) is 14.0 Å². The number of ether oxygens (including phenoxy) is 1. The van der Waals surface area contributed by atoms with Crippen LogP contribution >= 0.6 is 0 Å². The Kier molecular flexibility index (Phi) is 5.30. The van der Waals surface area contributed by atoms with Crippen LogP contribution in [0.15, 0.2) is 47.1 Å². The van der Waals surface area contributed by atoms with Gasteiger partial charge in [0.25, 0.3) is 5.91 Å². The quantitative estimate of drug-likeness (QED) is 0.832. The minimum atomic E-state index is -0.925. The molecule has 1 aromatic carbocycles. The standard InChI is InChI=1S/C16H16FNO4/c1-11(22-16(20)14-3-2-10-21-14)15(19)18-9-8-12-4-6-13(17)7-5-12/h2-7,10-11H,8-9H2,1H3,(H,18,19)/t11-/m1/s1. The average molecular weight is 305 g/mol. The highest BCUT2D eigenvalue weighted by Gasteiger charge is 2.19. The maximum absolute atomic E-state index is 12.8. The molecule has 1 amide bonds. The van der Waals surface area contributed by atoms with Gasteiger partial charge < -0.3 is 14.5 Å². The zero-order valence-corrected chi connectivity index (χ0v) is 12.0. The largest absolute Gasteiger partial charge is 0.457 e. The van der Waals surface area contributed by atoms with Gasteiger partial charge in [-0.3, -0.25) is 4.79 Å². The normalized spacial score (nSPS) is 11.7. The highest BCUT2D eigenvalue weighted by molar-refractivity contribution is 5.89. The van der Waals surface area contributed by atoms with Gasteiger partial charge in [-0.1, -0.05) is 12.1 Å². The average Bonchev–Trinajstić information content (AvgIpc) is 3.03. The van der Waals surface area contributed by atoms with Gasteiger partial charge >= 0.3 is 5.97 Å². The van der Waals surface area contributed by atoms with E-state index in [2.05, 4.69) is 5.32 Å². The van der Waals surface area contributed by atoms with E-state index in [1.165, 1.54) is 31.4 Å². The molecule has 0 fully saturated rings. The van der Waals surface area contributed by atoms with Crippen LogP contribution in [0, 0.1) is 5.82 Å². The molecular formula is C16H16FNO4. The van der Waals surface area contributed by atoms with Crippen LogP contribution in [-0.2, 0) is 16.0 Å². The summed E-state index contributed by atoms with van der Waals surface area (Å²) in [7, 11) is 0. The number of rotatable bonds is 6. The van der Waals surface area contributed by atoms with Gasteiger partial charge in [0, 0.05) is 6.54 Å². The van der Waals surface area contributed by atoms with E-state index in [0.717, 1.165) is 5.56 Å². The minimum absolute atomic E-state index is 0.0472. The first-order chi connectivity index (χ1) is 10.6. The number of amides is 1. The van der Waals surface area contributed by atoms with Crippen molar-refractivity contribution in [1.82, 2.24) is 5.32 Å². The van der Waals surface area contributed by atoms with Gasteiger partial charge in [-0.2, -0.15) is 0 Å². The van der Waals surface area contributed by atoms with Crippen molar-refractivity contribution < 1.29 is 23.1 Å². The Bertz CT molecular complexity index is 622. The number of esters is 1. The van der Waals surface area contributed by atoms with E-state index in [0.29, 0.717) is 13.0 Å². The highest BCUT2D eigenvalue weighted by Crippen LogP contribution is 2.05. The Hall–Kier alpha value is -2.63. The van der Waals surface area contributed by atoms with Gasteiger partial charge in [0.1, 0.15) is 5.82 Å². The van der Waals surface area contributed by atoms with Gasteiger partial charge in [0.2, 0.25) is 5.76 Å². The summed E-state index contributed by atoms with van der Waals surface area (Å²) in [6, 6.07) is 9.06. The number of hydrogen-bond donors (Lipinski definition) is 1. The number of benzene rings is 1. The molecule has 22 heavy (non-hydrogen) atoms. The predicted molar refractivity (Wildman–Crippen MR) is 76.7 cm³/mol. The zero-order chi connectivity index (χ0) is 15.9. The van der Waals surface area contributed by atoms with Crippen molar-refractivity contribution >= 4 is 11.9 Å². The number of nitrogens with one attached hydrogen (secondary N) is 1. The molecule has 0 aliphatic carbocycles. The molecule has 5 nitrogen and oxygen atoms in total. The third-order valence-corrected chi connectivity index (χ3v) is 3.00. The number of furan rings is 1. The molecule has 0 unspecified atom stereocenters. The number of carbonyl (C=O) groups is 2. The fourth-order valence-corrected chi connectivity index (χ4v) is 1.79. The molecule has 0 bridgehead atoms. The van der Waals surface area contributed by atoms with Crippen molar-refractivity contribution in [2.24, 2.45) is 0 Å². The molecule has 0 aliphatic rings. The van der Waals surface area contributed by atoms with Gasteiger partial charge in [-0.15, -0.1) is 0 Å². The van der Waals surface area contributed by atoms with Crippen molar-refractivity contribution in [3.05, 3.63) is 59.8 Å². The molecule has 6 heteroatoms. The maximum atomic E-state index is 12.8. The Morgan fingerprint density at radius 1 is 1.27 bits per heavy atom. The predicted octanol–water partition coefficient (Wildman–Crippen LogP) is 2.32. The summed E-state index contributed by atoms with van der Waals surface area (Å²) in [5.74, 6) is -1.34. The van der Waals surface area contributed by atoms with Crippen LogP contribution in [0.2, 0.25) is 0 Å². The zero-order valence-electron chi connectivity index (χ0n) is 12.0. The molecule has 0 saturated heterocycles. The Morgan fingerprint density at radius 2 is 2.00 bits per heavy atom. The van der Waals surface area contributed by atoms with Crippen molar-refractivity contribution in [3.63, 3.8) is 0 Å². The van der Waals surface area contributed by atoms with Crippen LogP contribution in [0.1, 0.15) is 23.0 Å². The summed E-state index contributed by atoms with van der Waals surface area (Å²) in [4.78, 5) is 23.4. The second kappa shape index (κ2) is 7.40. The monoisotopic (exact) mass is 305 g/mol. The van der Waals surface area contributed by atoms with Gasteiger partial charge in [-0.05, 0) is 43.2 Å². The van der Waals surface area contributed by atoms with Gasteiger partial charge in [0.15, 0.2) is 6.10 Å². The van der Waals surface area contributed by atoms with E-state index >= 15 is 0 Å². The van der Waals surface area contributed by atoms with Gasteiger partial charge in [-0.25, -0.2) is 9.18 Å². The summed E-state index contributed by atoms with van der Waals surface area (Å²) in [6.07, 6.45) is 0.986. The molecule has 0 radical (unpaired) electrons. The van der Waals surface area contributed by atoms with Crippen molar-refractivity contribution in [3.8, 4) is 0 Å². The summed E-state index contributed by atoms with van der Waals surface area (Å²) >= 11 is 0. The summed E-state index contributed by atoms with van der Waals surface area (Å²) in [5, 5.41) is 2.66. The van der Waals surface area contributed by atoms with Crippen LogP contribution in [0.4, 0.5) is 4.39 Å². The summed E-state index contributed by atoms with van der Waals surface area (Å²) in [5.41, 5.74) is 0.905. The molecule has 2 aromatic rings. The molecule has 0 aliphatic heterocycles. The third kappa shape index (κ3) is 4.44. The highest BCUT2D eigenvalue weighted by atomic mass is 19.1. The molecule has 1 aromatic heterocycles. The van der Waals surface area contributed by atoms with Crippen LogP contribution < -0.4 is 5.32 Å². The lowest BCUT2D eigenvalue weighted by Crippen LogP contribution is -2.36. The molecule has 1 atom stereocenters. The smallest absolute Gasteiger partial charge is 0.374 e. The van der Waals surface area contributed by atoms with E-state index in [4.69, 9.17) is 9.15 Å². The lowest BCUT2D eigenvalue weighted by atomic mass is 10.1. The number of halogens is 1. The topological polar surface area (TPSA) is 68.5 Å². The number of hydrogen-bond acceptors (Lipinski definition) is 4. The Morgan fingerprint density at radius 3 is 2.64 bits per heavy atom. The summed E-state index contributed by atoms with van der Waals surface area (Å²) < 4.78 is 22.6. The lowest BCUT2D eigenvalue weighted by Gasteiger charge is -2.12. The fraction of sp³-hybridized carbons (Fsp3) is 0.250. The van der Waals surface area contributed by atoms with Crippen LogP contribution in [0.3, 0.4) is 0 Å². The van der Waals surface area contributed by atoms with Crippen LogP contribution in [0.5, 0.6) is 0 Å². The first-order valence-corrected chi connectivity index (χ1v) is 6.83. The second-order valence-electron chi connectivity index (χ2n) is 4.69. The van der Waals surface area contributed by atoms with E-state index < -0.39 is 18.0 Å². The molecule has 1 heterocycles. The second-order valence-corrected chi connectivity index (χ2v) is 4.69. The van der Waals surface area contributed by atoms with E-state index in [1.54, 1.807) is 18.2 Å². The van der Waals surface area contributed by atoms with Gasteiger partial charge in [0.05, 0.1) is 6.26 Å². The van der Waals surface area contributed by atoms with Crippen LogP contribution in [0.25, 0.3) is 0 Å². The molecule has 116 valence electrons. The first-order valence-electron chi connectivity index (χ1n) is 6.83.